The molecule has 0 fully saturated rings. The van der Waals surface area contributed by atoms with Gasteiger partial charge in [0, 0.05) is 19.7 Å². The molecule has 2 heterocycles. The van der Waals surface area contributed by atoms with Crippen molar-refractivity contribution in [1.29, 1.82) is 0 Å². The van der Waals surface area contributed by atoms with Crippen molar-refractivity contribution in [1.82, 2.24) is 14.8 Å². The van der Waals surface area contributed by atoms with Crippen molar-refractivity contribution in [3.05, 3.63) is 16.4 Å². The summed E-state index contributed by atoms with van der Waals surface area (Å²) in [5, 5.41) is 16.7. The Morgan fingerprint density at radius 2 is 2.15 bits per heavy atom. The van der Waals surface area contributed by atoms with Crippen LogP contribution in [0.1, 0.15) is 22.6 Å². The highest BCUT2D eigenvalue weighted by molar-refractivity contribution is 6.34. The van der Waals surface area contributed by atoms with Gasteiger partial charge in [-0.15, -0.1) is 0 Å². The van der Waals surface area contributed by atoms with E-state index in [1.807, 2.05) is 0 Å². The average Bonchev–Trinajstić information content (AvgIpc) is 2.81. The molecular formula is C10H10ClF3N4O2. The molecule has 1 aromatic heterocycles. The van der Waals surface area contributed by atoms with Crippen molar-refractivity contribution in [2.24, 2.45) is 12.1 Å². The summed E-state index contributed by atoms with van der Waals surface area (Å²) in [6.07, 6.45) is -5.06. The number of amides is 1. The Labute approximate surface area is 116 Å². The van der Waals surface area contributed by atoms with E-state index in [1.54, 1.807) is 0 Å². The summed E-state index contributed by atoms with van der Waals surface area (Å²) in [7, 11) is 1.36. The van der Waals surface area contributed by atoms with E-state index in [0.717, 1.165) is 10.9 Å². The molecule has 110 valence electrons. The summed E-state index contributed by atoms with van der Waals surface area (Å²) in [6.45, 7) is 1.50. The minimum absolute atomic E-state index is 0.0185. The summed E-state index contributed by atoms with van der Waals surface area (Å²) >= 11 is 5.85. The zero-order valence-corrected chi connectivity index (χ0v) is 11.2. The Morgan fingerprint density at radius 3 is 2.60 bits per heavy atom. The van der Waals surface area contributed by atoms with Crippen LogP contribution in [-0.2, 0) is 7.05 Å². The number of aryl methyl sites for hydroxylation is 2. The first-order chi connectivity index (χ1) is 9.09. The van der Waals surface area contributed by atoms with Crippen molar-refractivity contribution >= 4 is 23.7 Å². The molecule has 1 unspecified atom stereocenters. The van der Waals surface area contributed by atoms with Gasteiger partial charge in [0.25, 0.3) is 11.6 Å². The van der Waals surface area contributed by atoms with Gasteiger partial charge in [-0.3, -0.25) is 9.48 Å². The summed E-state index contributed by atoms with van der Waals surface area (Å²) in [5.41, 5.74) is -3.35. The first kappa shape index (κ1) is 14.8. The van der Waals surface area contributed by atoms with Gasteiger partial charge in [0.2, 0.25) is 0 Å². The molecule has 1 aromatic rings. The lowest BCUT2D eigenvalue weighted by Gasteiger charge is -2.32. The highest BCUT2D eigenvalue weighted by Crippen LogP contribution is 2.39. The molecule has 6 nitrogen and oxygen atoms in total. The highest BCUT2D eigenvalue weighted by Gasteiger charge is 2.62. The molecule has 0 aromatic carbocycles. The number of aliphatic hydroxyl groups is 1. The third-order valence-corrected chi connectivity index (χ3v) is 3.37. The Morgan fingerprint density at radius 1 is 1.55 bits per heavy atom. The zero-order chi connectivity index (χ0) is 15.3. The number of halogens is 4. The van der Waals surface area contributed by atoms with E-state index in [4.69, 9.17) is 11.6 Å². The number of carbonyl (C=O) groups excluding carboxylic acids is 1. The van der Waals surface area contributed by atoms with Crippen LogP contribution < -0.4 is 0 Å². The van der Waals surface area contributed by atoms with Gasteiger partial charge in [-0.2, -0.15) is 28.4 Å². The van der Waals surface area contributed by atoms with Crippen LogP contribution in [0.4, 0.5) is 13.2 Å². The first-order valence-electron chi connectivity index (χ1n) is 5.45. The minimum atomic E-state index is -5.04. The molecular weight excluding hydrogens is 301 g/mol. The summed E-state index contributed by atoms with van der Waals surface area (Å²) in [5.74, 6) is -1.17. The van der Waals surface area contributed by atoms with E-state index >= 15 is 0 Å². The predicted molar refractivity (Wildman–Crippen MR) is 63.2 cm³/mol. The lowest BCUT2D eigenvalue weighted by atomic mass is 10.1. The summed E-state index contributed by atoms with van der Waals surface area (Å²) in [6, 6.07) is 0. The van der Waals surface area contributed by atoms with E-state index < -0.39 is 24.2 Å². The van der Waals surface area contributed by atoms with Crippen LogP contribution in [0.5, 0.6) is 0 Å². The maximum atomic E-state index is 12.9. The molecule has 0 saturated carbocycles. The van der Waals surface area contributed by atoms with E-state index in [0.29, 0.717) is 0 Å². The largest absolute Gasteiger partial charge is 0.438 e. The fraction of sp³-hybridized carbons (Fsp3) is 0.500. The fourth-order valence-corrected chi connectivity index (χ4v) is 2.09. The van der Waals surface area contributed by atoms with Gasteiger partial charge < -0.3 is 5.11 Å². The zero-order valence-electron chi connectivity index (χ0n) is 10.4. The Kier molecular flexibility index (Phi) is 3.29. The maximum absolute atomic E-state index is 12.9. The van der Waals surface area contributed by atoms with Gasteiger partial charge in [0.15, 0.2) is 0 Å². The molecule has 1 amide bonds. The fourth-order valence-electron chi connectivity index (χ4n) is 1.85. The van der Waals surface area contributed by atoms with Crippen LogP contribution in [0.3, 0.4) is 0 Å². The second kappa shape index (κ2) is 4.45. The topological polar surface area (TPSA) is 70.7 Å². The number of hydrazone groups is 1. The molecule has 0 bridgehead atoms. The van der Waals surface area contributed by atoms with E-state index in [9.17, 15) is 23.1 Å². The van der Waals surface area contributed by atoms with Gasteiger partial charge in [-0.25, -0.2) is 0 Å². The van der Waals surface area contributed by atoms with Crippen LogP contribution in [-0.4, -0.2) is 43.9 Å². The van der Waals surface area contributed by atoms with Gasteiger partial charge in [-0.1, -0.05) is 11.6 Å². The molecule has 0 aliphatic carbocycles. The molecule has 1 atom stereocenters. The van der Waals surface area contributed by atoms with Gasteiger partial charge in [0.05, 0.1) is 10.7 Å². The Hall–Kier alpha value is -1.61. The van der Waals surface area contributed by atoms with Crippen LogP contribution >= 0.6 is 11.6 Å². The second-order valence-corrected chi connectivity index (χ2v) is 4.68. The minimum Gasteiger partial charge on any atom is -0.362 e. The van der Waals surface area contributed by atoms with Crippen LogP contribution in [0.25, 0.3) is 0 Å². The van der Waals surface area contributed by atoms with E-state index in [-0.39, 0.29) is 21.4 Å². The van der Waals surface area contributed by atoms with Crippen molar-refractivity contribution in [2.45, 2.75) is 25.2 Å². The monoisotopic (exact) mass is 310 g/mol. The van der Waals surface area contributed by atoms with Crippen molar-refractivity contribution in [3.63, 3.8) is 0 Å². The number of carbonyl (C=O) groups is 1. The quantitative estimate of drug-likeness (QED) is 0.854. The summed E-state index contributed by atoms with van der Waals surface area (Å²) in [4.78, 5) is 12.2. The van der Waals surface area contributed by atoms with E-state index in [2.05, 4.69) is 10.2 Å². The molecule has 1 aliphatic rings. The lowest BCUT2D eigenvalue weighted by Crippen LogP contribution is -2.56. The number of hydrogen-bond acceptors (Lipinski definition) is 4. The van der Waals surface area contributed by atoms with Crippen LogP contribution in [0.2, 0.25) is 5.02 Å². The summed E-state index contributed by atoms with van der Waals surface area (Å²) < 4.78 is 39.7. The Bertz CT molecular complexity index is 598. The third kappa shape index (κ3) is 1.97. The SMILES string of the molecule is Cc1nn(C)c(C(=O)N2N=CCC2(O)C(F)(F)F)c1Cl. The average molecular weight is 311 g/mol. The van der Waals surface area contributed by atoms with Crippen molar-refractivity contribution in [3.8, 4) is 0 Å². The maximum Gasteiger partial charge on any atom is 0.438 e. The molecule has 0 saturated heterocycles. The third-order valence-electron chi connectivity index (χ3n) is 2.92. The second-order valence-electron chi connectivity index (χ2n) is 4.31. The first-order valence-corrected chi connectivity index (χ1v) is 5.82. The van der Waals surface area contributed by atoms with Crippen LogP contribution in [0, 0.1) is 6.92 Å². The molecule has 2 rings (SSSR count). The molecule has 0 radical (unpaired) electrons. The van der Waals surface area contributed by atoms with Crippen molar-refractivity contribution < 1.29 is 23.1 Å². The van der Waals surface area contributed by atoms with Crippen LogP contribution in [0.15, 0.2) is 5.10 Å². The number of nitrogens with zero attached hydrogens (tertiary/aromatic N) is 4. The Balaban J connectivity index is 2.46. The molecule has 0 spiro atoms. The van der Waals surface area contributed by atoms with Crippen molar-refractivity contribution in [2.75, 3.05) is 0 Å². The standard InChI is InChI=1S/C10H10ClF3N4O2/c1-5-6(11)7(17(2)16-5)8(19)18-9(20,3-4-15-18)10(12,13)14/h4,20H,3H2,1-2H3. The van der Waals surface area contributed by atoms with Gasteiger partial charge >= 0.3 is 6.18 Å². The number of aromatic nitrogens is 2. The normalized spacial score (nSPS) is 22.6. The number of alkyl halides is 3. The molecule has 1 N–H and O–H groups in total. The highest BCUT2D eigenvalue weighted by atomic mass is 35.5. The smallest absolute Gasteiger partial charge is 0.362 e. The number of hydrogen-bond donors (Lipinski definition) is 1. The molecule has 10 heteroatoms. The van der Waals surface area contributed by atoms with Gasteiger partial charge in [-0.05, 0) is 6.92 Å². The molecule has 20 heavy (non-hydrogen) atoms. The predicted octanol–water partition coefficient (Wildman–Crippen LogP) is 1.46. The van der Waals surface area contributed by atoms with E-state index in [1.165, 1.54) is 14.0 Å². The van der Waals surface area contributed by atoms with Gasteiger partial charge in [0.1, 0.15) is 5.69 Å². The molecule has 1 aliphatic heterocycles. The lowest BCUT2D eigenvalue weighted by molar-refractivity contribution is -0.297. The number of rotatable bonds is 1.